The van der Waals surface area contributed by atoms with Crippen LogP contribution in [0.15, 0.2) is 0 Å². The Morgan fingerprint density at radius 1 is 1.36 bits per heavy atom. The summed E-state index contributed by atoms with van der Waals surface area (Å²) in [7, 11) is 0. The molecule has 0 saturated carbocycles. The Morgan fingerprint density at radius 2 is 1.86 bits per heavy atom. The van der Waals surface area contributed by atoms with Gasteiger partial charge in [-0.25, -0.2) is 0 Å². The second-order valence-electron chi connectivity index (χ2n) is 3.12. The molecular formula is C8H19O2PS2Zn. The van der Waals surface area contributed by atoms with Crippen molar-refractivity contribution >= 4 is 29.4 Å². The van der Waals surface area contributed by atoms with Crippen LogP contribution in [-0.4, -0.2) is 11.4 Å². The first-order chi connectivity index (χ1) is 5.91. The summed E-state index contributed by atoms with van der Waals surface area (Å²) in [6, 6.07) is 0. The SMILES string of the molecule is CCC(C)OP(=O)(S)SC(C)CC.[Zn]. The molecule has 0 rings (SSSR count). The van der Waals surface area contributed by atoms with Gasteiger partial charge in [0.05, 0.1) is 6.10 Å². The topological polar surface area (TPSA) is 26.3 Å². The molecule has 0 fully saturated rings. The summed E-state index contributed by atoms with van der Waals surface area (Å²) in [6.07, 6.45) is 1.88. The normalized spacial score (nSPS) is 19.2. The van der Waals surface area contributed by atoms with E-state index < -0.39 is 5.77 Å². The molecule has 3 atom stereocenters. The fourth-order valence-electron chi connectivity index (χ4n) is 0.629. The minimum atomic E-state index is -2.73. The van der Waals surface area contributed by atoms with E-state index in [1.165, 1.54) is 11.4 Å². The Bertz CT molecular complexity index is 176. The molecule has 3 unspecified atom stereocenters. The maximum atomic E-state index is 11.8. The third-order valence-corrected chi connectivity index (χ3v) is 6.63. The zero-order valence-electron chi connectivity index (χ0n) is 9.40. The van der Waals surface area contributed by atoms with E-state index in [9.17, 15) is 4.57 Å². The van der Waals surface area contributed by atoms with Crippen LogP contribution in [0.2, 0.25) is 0 Å². The van der Waals surface area contributed by atoms with Crippen LogP contribution < -0.4 is 0 Å². The molecule has 0 N–H and O–H groups in total. The summed E-state index contributed by atoms with van der Waals surface area (Å²) in [5.41, 5.74) is 0. The van der Waals surface area contributed by atoms with Crippen molar-refractivity contribution in [3.8, 4) is 0 Å². The van der Waals surface area contributed by atoms with Crippen LogP contribution in [0.3, 0.4) is 0 Å². The van der Waals surface area contributed by atoms with Gasteiger partial charge < -0.3 is 4.52 Å². The van der Waals surface area contributed by atoms with Gasteiger partial charge in [-0.15, -0.1) is 0 Å². The Kier molecular flexibility index (Phi) is 11.0. The summed E-state index contributed by atoms with van der Waals surface area (Å²) in [6.45, 7) is 8.02. The van der Waals surface area contributed by atoms with Gasteiger partial charge in [-0.3, -0.25) is 4.57 Å². The number of thiol groups is 1. The minimum absolute atomic E-state index is 0. The summed E-state index contributed by atoms with van der Waals surface area (Å²) in [5, 5.41) is 0.340. The van der Waals surface area contributed by atoms with Gasteiger partial charge in [0.15, 0.2) is 0 Å². The first-order valence-corrected chi connectivity index (χ1v) is 8.87. The molecule has 0 saturated heterocycles. The van der Waals surface area contributed by atoms with Gasteiger partial charge in [0.25, 0.3) is 0 Å². The van der Waals surface area contributed by atoms with Gasteiger partial charge in [0, 0.05) is 24.7 Å². The van der Waals surface area contributed by atoms with E-state index in [0.717, 1.165) is 12.8 Å². The molecule has 0 aromatic carbocycles. The zero-order valence-corrected chi connectivity index (χ0v) is 15.0. The minimum Gasteiger partial charge on any atom is -0.311 e. The Balaban J connectivity index is 0. The van der Waals surface area contributed by atoms with E-state index in [1.807, 2.05) is 20.8 Å². The molecule has 0 amide bonds. The van der Waals surface area contributed by atoms with Crippen molar-refractivity contribution in [2.24, 2.45) is 0 Å². The molecule has 0 aromatic rings. The van der Waals surface area contributed by atoms with Gasteiger partial charge >= 0.3 is 5.77 Å². The van der Waals surface area contributed by atoms with Gasteiger partial charge in [-0.1, -0.05) is 44.4 Å². The second-order valence-corrected chi connectivity index (χ2v) is 9.75. The van der Waals surface area contributed by atoms with E-state index in [-0.39, 0.29) is 25.6 Å². The largest absolute Gasteiger partial charge is 0.311 e. The van der Waals surface area contributed by atoms with Crippen LogP contribution >= 0.6 is 29.4 Å². The van der Waals surface area contributed by atoms with Crippen molar-refractivity contribution < 1.29 is 28.6 Å². The Labute approximate surface area is 109 Å². The van der Waals surface area contributed by atoms with Crippen molar-refractivity contribution in [1.82, 2.24) is 0 Å². The standard InChI is InChI=1S/C8H19O2PS2.Zn/c1-5-7(3)10-11(9,12)13-8(4)6-2;/h7-8H,5-6H2,1-4H3,(H,9,12);. The monoisotopic (exact) mass is 306 g/mol. The summed E-state index contributed by atoms with van der Waals surface area (Å²) < 4.78 is 17.1. The fourth-order valence-corrected chi connectivity index (χ4v) is 6.22. The molecule has 0 aliphatic heterocycles. The van der Waals surface area contributed by atoms with Crippen LogP contribution in [0.1, 0.15) is 40.5 Å². The molecular weight excluding hydrogens is 289 g/mol. The molecule has 0 aliphatic rings. The average Bonchev–Trinajstić information content (AvgIpc) is 2.02. The quantitative estimate of drug-likeness (QED) is 0.448. The van der Waals surface area contributed by atoms with Gasteiger partial charge in [-0.2, -0.15) is 0 Å². The first kappa shape index (κ1) is 17.9. The summed E-state index contributed by atoms with van der Waals surface area (Å²) in [5.74, 6) is -2.73. The molecule has 0 aliphatic carbocycles. The van der Waals surface area contributed by atoms with E-state index in [2.05, 4.69) is 19.2 Å². The van der Waals surface area contributed by atoms with E-state index >= 15 is 0 Å². The maximum absolute atomic E-state index is 11.8. The van der Waals surface area contributed by atoms with Crippen molar-refractivity contribution in [2.75, 3.05) is 0 Å². The number of hydrogen-bond acceptors (Lipinski definition) is 3. The smallest absolute Gasteiger partial charge is 0.310 e. The molecule has 6 heteroatoms. The molecule has 0 spiro atoms. The van der Waals surface area contributed by atoms with Crippen molar-refractivity contribution in [1.29, 1.82) is 0 Å². The van der Waals surface area contributed by atoms with Crippen LogP contribution in [-0.2, 0) is 28.6 Å². The predicted octanol–water partition coefficient (Wildman–Crippen LogP) is 4.37. The Morgan fingerprint density at radius 3 is 2.21 bits per heavy atom. The van der Waals surface area contributed by atoms with Crippen molar-refractivity contribution in [3.05, 3.63) is 0 Å². The molecule has 82 valence electrons. The third kappa shape index (κ3) is 8.79. The van der Waals surface area contributed by atoms with Crippen molar-refractivity contribution in [3.63, 3.8) is 0 Å². The number of rotatable bonds is 6. The van der Waals surface area contributed by atoms with Gasteiger partial charge in [0.1, 0.15) is 0 Å². The third-order valence-electron chi connectivity index (χ3n) is 1.78. The van der Waals surface area contributed by atoms with Crippen LogP contribution in [0.25, 0.3) is 0 Å². The predicted molar refractivity (Wildman–Crippen MR) is 64.8 cm³/mol. The fraction of sp³-hybridized carbons (Fsp3) is 1.00. The number of hydrogen-bond donors (Lipinski definition) is 1. The molecule has 0 aromatic heterocycles. The van der Waals surface area contributed by atoms with Gasteiger partial charge in [-0.05, 0) is 19.8 Å². The van der Waals surface area contributed by atoms with E-state index in [4.69, 9.17) is 4.52 Å². The molecule has 0 bridgehead atoms. The second kappa shape index (κ2) is 8.64. The summed E-state index contributed by atoms with van der Waals surface area (Å²) >= 11 is 5.41. The Hall–Kier alpha value is 1.51. The molecule has 2 nitrogen and oxygen atoms in total. The van der Waals surface area contributed by atoms with E-state index in [1.54, 1.807) is 0 Å². The molecule has 0 radical (unpaired) electrons. The van der Waals surface area contributed by atoms with Crippen LogP contribution in [0, 0.1) is 0 Å². The maximum Gasteiger partial charge on any atom is 0.310 e. The average molecular weight is 308 g/mol. The van der Waals surface area contributed by atoms with Gasteiger partial charge in [0.2, 0.25) is 0 Å². The molecule has 0 heterocycles. The zero-order chi connectivity index (χ0) is 10.5. The van der Waals surface area contributed by atoms with Crippen molar-refractivity contribution in [2.45, 2.75) is 51.9 Å². The van der Waals surface area contributed by atoms with Crippen LogP contribution in [0.4, 0.5) is 0 Å². The first-order valence-electron chi connectivity index (χ1n) is 4.60. The summed E-state index contributed by atoms with van der Waals surface area (Å²) in [4.78, 5) is 0. The van der Waals surface area contributed by atoms with Crippen LogP contribution in [0.5, 0.6) is 0 Å². The van der Waals surface area contributed by atoms with E-state index in [0.29, 0.717) is 5.25 Å². The molecule has 14 heavy (non-hydrogen) atoms.